The molecule has 0 saturated carbocycles. The molecule has 1 fully saturated rings. The van der Waals surface area contributed by atoms with Crippen molar-refractivity contribution in [2.75, 3.05) is 47.5 Å². The van der Waals surface area contributed by atoms with Crippen LogP contribution in [-0.2, 0) is 37.4 Å². The summed E-state index contributed by atoms with van der Waals surface area (Å²) in [6.07, 6.45) is 43.5. The third-order valence-corrected chi connectivity index (χ3v) is 11.6. The maximum absolute atomic E-state index is 12.7. The van der Waals surface area contributed by atoms with E-state index in [0.29, 0.717) is 36.1 Å². The van der Waals surface area contributed by atoms with Gasteiger partial charge in [0, 0.05) is 12.8 Å². The van der Waals surface area contributed by atoms with Gasteiger partial charge in [0.15, 0.2) is 6.10 Å². The number of carbonyl (C=O) groups excluding carboxylic acids is 2. The van der Waals surface area contributed by atoms with Crippen molar-refractivity contribution in [2.24, 2.45) is 0 Å². The maximum atomic E-state index is 12.7. The van der Waals surface area contributed by atoms with Crippen LogP contribution in [0.25, 0.3) is 0 Å². The second kappa shape index (κ2) is 36.8. The Morgan fingerprint density at radius 3 is 1.71 bits per heavy atom. The molecule has 1 saturated heterocycles. The molecule has 0 radical (unpaired) electrons. The molecule has 4 atom stereocenters. The van der Waals surface area contributed by atoms with E-state index >= 15 is 0 Å². The van der Waals surface area contributed by atoms with Crippen molar-refractivity contribution in [3.8, 4) is 0 Å². The molecule has 10 nitrogen and oxygen atoms in total. The smallest absolute Gasteiger partial charge is 0.306 e. The number of phosphoric acid groups is 1. The van der Waals surface area contributed by atoms with Crippen molar-refractivity contribution in [2.45, 2.75) is 212 Å². The molecule has 0 aromatic rings. The molecule has 1 aliphatic rings. The van der Waals surface area contributed by atoms with Gasteiger partial charge >= 0.3 is 11.9 Å². The molecule has 1 heterocycles. The molecule has 0 spiro atoms. The van der Waals surface area contributed by atoms with Crippen molar-refractivity contribution in [3.63, 3.8) is 0 Å². The largest absolute Gasteiger partial charge is 0.756 e. The fourth-order valence-corrected chi connectivity index (χ4v) is 7.47. The number of esters is 2. The molecule has 0 aromatic carbocycles. The minimum Gasteiger partial charge on any atom is -0.756 e. The van der Waals surface area contributed by atoms with Gasteiger partial charge in [-0.2, -0.15) is 0 Å². The van der Waals surface area contributed by atoms with E-state index in [-0.39, 0.29) is 26.1 Å². The topological polar surface area (TPSA) is 124 Å². The molecule has 59 heavy (non-hydrogen) atoms. The highest BCUT2D eigenvalue weighted by Crippen LogP contribution is 2.38. The highest BCUT2D eigenvalue weighted by atomic mass is 31.2. The second-order valence-electron chi connectivity index (χ2n) is 17.5. The number of ether oxygens (including phenoxy) is 3. The maximum Gasteiger partial charge on any atom is 0.306 e. The average molecular weight is 854 g/mol. The number of rotatable bonds is 42. The average Bonchev–Trinajstić information content (AvgIpc) is 3.94. The SMILES string of the molecule is CCCCCCCCCCCCCCCCCCCC(=O)O[C@H](COC(=O)CCC/C=C\C/C=C\C/C=C\CC1OC1CCCCC)COP(=O)([O-])OCC[N+](C)(C)C. The summed E-state index contributed by atoms with van der Waals surface area (Å²) < 4.78 is 39.6. The summed E-state index contributed by atoms with van der Waals surface area (Å²) in [6, 6.07) is 0. The summed E-state index contributed by atoms with van der Waals surface area (Å²) in [5.41, 5.74) is 0. The van der Waals surface area contributed by atoms with Gasteiger partial charge in [-0.05, 0) is 44.9 Å². The Hall–Kier alpha value is -1.81. The van der Waals surface area contributed by atoms with Crippen LogP contribution < -0.4 is 4.89 Å². The van der Waals surface area contributed by atoms with E-state index < -0.39 is 32.5 Å². The lowest BCUT2D eigenvalue weighted by molar-refractivity contribution is -0.870. The fraction of sp³-hybridized carbons (Fsp3) is 0.833. The third-order valence-electron chi connectivity index (χ3n) is 10.6. The molecule has 344 valence electrons. The number of hydrogen-bond donors (Lipinski definition) is 0. The van der Waals surface area contributed by atoms with Crippen LogP contribution in [0.2, 0.25) is 0 Å². The first-order chi connectivity index (χ1) is 28.5. The van der Waals surface area contributed by atoms with E-state index in [2.05, 4.69) is 50.3 Å². The highest BCUT2D eigenvalue weighted by Gasteiger charge is 2.36. The number of allylic oxidation sites excluding steroid dienone is 5. The van der Waals surface area contributed by atoms with Crippen molar-refractivity contribution in [3.05, 3.63) is 36.5 Å². The van der Waals surface area contributed by atoms with Crippen LogP contribution in [0.1, 0.15) is 194 Å². The standard InChI is InChI=1S/C48H88NO9P/c1-6-8-10-11-12-13-14-15-16-17-18-19-20-25-28-31-35-39-48(51)57-44(43-56-59(52,53)55-41-40-49(3,4)5)42-54-47(50)38-34-30-27-24-22-21-23-26-29-33-37-46-45(58-46)36-32-9-7-2/h21,23-24,27,29,33,44-46H,6-20,22,25-26,28,30-32,34-43H2,1-5H3/b23-21-,27-24-,33-29-/t44-,45?,46?/m1/s1. The highest BCUT2D eigenvalue weighted by molar-refractivity contribution is 7.45. The van der Waals surface area contributed by atoms with Crippen LogP contribution in [0.4, 0.5) is 0 Å². The predicted octanol–water partition coefficient (Wildman–Crippen LogP) is 12.0. The monoisotopic (exact) mass is 854 g/mol. The minimum atomic E-state index is -4.64. The van der Waals surface area contributed by atoms with Gasteiger partial charge in [0.2, 0.25) is 0 Å². The van der Waals surface area contributed by atoms with Gasteiger partial charge < -0.3 is 32.6 Å². The molecule has 0 N–H and O–H groups in total. The van der Waals surface area contributed by atoms with E-state index in [0.717, 1.165) is 44.9 Å². The Bertz CT molecular complexity index is 1170. The van der Waals surface area contributed by atoms with E-state index in [9.17, 15) is 19.0 Å². The van der Waals surface area contributed by atoms with Gasteiger partial charge in [-0.15, -0.1) is 0 Å². The van der Waals surface area contributed by atoms with Crippen molar-refractivity contribution < 1.29 is 46.8 Å². The van der Waals surface area contributed by atoms with Crippen LogP contribution in [-0.4, -0.2) is 82.2 Å². The number of likely N-dealkylation sites (N-methyl/N-ethyl adjacent to an activating group) is 1. The first-order valence-corrected chi connectivity index (χ1v) is 25.3. The van der Waals surface area contributed by atoms with E-state index in [4.69, 9.17) is 23.3 Å². The van der Waals surface area contributed by atoms with E-state index in [1.165, 1.54) is 109 Å². The van der Waals surface area contributed by atoms with Gasteiger partial charge in [0.1, 0.15) is 19.8 Å². The summed E-state index contributed by atoms with van der Waals surface area (Å²) in [5, 5.41) is 0. The number of hydrogen-bond acceptors (Lipinski definition) is 9. The second-order valence-corrected chi connectivity index (χ2v) is 18.9. The zero-order valence-corrected chi connectivity index (χ0v) is 39.3. The first kappa shape index (κ1) is 55.2. The van der Waals surface area contributed by atoms with Crippen molar-refractivity contribution >= 4 is 19.8 Å². The number of nitrogens with zero attached hydrogens (tertiary/aromatic N) is 1. The molecule has 3 unspecified atom stereocenters. The van der Waals surface area contributed by atoms with Crippen molar-refractivity contribution in [1.29, 1.82) is 0 Å². The molecule has 0 aliphatic carbocycles. The van der Waals surface area contributed by atoms with E-state index in [1.807, 2.05) is 21.1 Å². The van der Waals surface area contributed by atoms with Crippen LogP contribution in [0.15, 0.2) is 36.5 Å². The number of quaternary nitrogens is 1. The Kier molecular flexibility index (Phi) is 34.4. The summed E-state index contributed by atoms with van der Waals surface area (Å²) in [7, 11) is 1.13. The zero-order valence-electron chi connectivity index (χ0n) is 38.4. The van der Waals surface area contributed by atoms with E-state index in [1.54, 1.807) is 0 Å². The normalized spacial score (nSPS) is 17.3. The molecule has 1 aliphatic heterocycles. The lowest BCUT2D eigenvalue weighted by Crippen LogP contribution is -2.37. The van der Waals surface area contributed by atoms with Gasteiger partial charge in [-0.1, -0.05) is 172 Å². The summed E-state index contributed by atoms with van der Waals surface area (Å²) in [5.74, 6) is -0.899. The number of epoxide rings is 1. The number of unbranched alkanes of at least 4 members (excludes halogenated alkanes) is 19. The molecule has 0 bridgehead atoms. The predicted molar refractivity (Wildman–Crippen MR) is 240 cm³/mol. The molecule has 11 heteroatoms. The fourth-order valence-electron chi connectivity index (χ4n) is 6.74. The molecule has 0 amide bonds. The lowest BCUT2D eigenvalue weighted by Gasteiger charge is -2.28. The molecular formula is C48H88NO9P. The Labute approximate surface area is 361 Å². The lowest BCUT2D eigenvalue weighted by atomic mass is 10.0. The molecule has 0 aromatic heterocycles. The van der Waals surface area contributed by atoms with Crippen LogP contribution >= 0.6 is 7.82 Å². The van der Waals surface area contributed by atoms with Crippen LogP contribution in [0, 0.1) is 0 Å². The summed E-state index contributed by atoms with van der Waals surface area (Å²) in [6.45, 7) is 4.14. The Morgan fingerprint density at radius 2 is 1.14 bits per heavy atom. The molecular weight excluding hydrogens is 766 g/mol. The van der Waals surface area contributed by atoms with Gasteiger partial charge in [0.05, 0.1) is 40.0 Å². The number of carbonyl (C=O) groups is 2. The van der Waals surface area contributed by atoms with Crippen LogP contribution in [0.3, 0.4) is 0 Å². The third kappa shape index (κ3) is 37.7. The summed E-state index contributed by atoms with van der Waals surface area (Å²) >= 11 is 0. The van der Waals surface area contributed by atoms with Crippen molar-refractivity contribution in [1.82, 2.24) is 0 Å². The molecule has 1 rings (SSSR count). The Balaban J connectivity index is 2.27. The quantitative estimate of drug-likeness (QED) is 0.0147. The number of phosphoric ester groups is 1. The van der Waals surface area contributed by atoms with Gasteiger partial charge in [-0.25, -0.2) is 0 Å². The zero-order chi connectivity index (χ0) is 43.3. The van der Waals surface area contributed by atoms with Gasteiger partial charge in [-0.3, -0.25) is 14.2 Å². The summed E-state index contributed by atoms with van der Waals surface area (Å²) in [4.78, 5) is 37.6. The van der Waals surface area contributed by atoms with Crippen LogP contribution in [0.5, 0.6) is 0 Å². The minimum absolute atomic E-state index is 0.0404. The first-order valence-electron chi connectivity index (χ1n) is 23.8. The van der Waals surface area contributed by atoms with Gasteiger partial charge in [0.25, 0.3) is 7.82 Å². The Morgan fingerprint density at radius 1 is 0.627 bits per heavy atom.